The highest BCUT2D eigenvalue weighted by molar-refractivity contribution is 5.91. The molecule has 4 aliphatic heterocycles. The molecule has 4 fully saturated rings. The van der Waals surface area contributed by atoms with E-state index in [2.05, 4.69) is 35.9 Å². The Hall–Kier alpha value is -2.24. The van der Waals surface area contributed by atoms with Crippen LogP contribution in [0, 0.1) is 11.3 Å². The number of piperidine rings is 1. The number of nitrogens with zero attached hydrogens (tertiary/aromatic N) is 5. The van der Waals surface area contributed by atoms with Gasteiger partial charge in [-0.3, -0.25) is 29.0 Å². The molecule has 0 aromatic rings. The zero-order valence-electron chi connectivity index (χ0n) is 31.5. The molecule has 11 heteroatoms. The maximum absolute atomic E-state index is 14.3. The van der Waals surface area contributed by atoms with Crippen LogP contribution in [0.1, 0.15) is 106 Å². The van der Waals surface area contributed by atoms with E-state index in [0.29, 0.717) is 26.1 Å². The molecule has 1 unspecified atom stereocenters. The van der Waals surface area contributed by atoms with Gasteiger partial charge in [0.25, 0.3) is 0 Å². The van der Waals surface area contributed by atoms with Crippen LogP contribution in [0.15, 0.2) is 0 Å². The third kappa shape index (κ3) is 8.55. The fourth-order valence-corrected chi connectivity index (χ4v) is 8.73. The number of likely N-dealkylation sites (tertiary alicyclic amines) is 4. The summed E-state index contributed by atoms with van der Waals surface area (Å²) in [5, 5.41) is 3.16. The van der Waals surface area contributed by atoms with Crippen LogP contribution in [0.2, 0.25) is 0 Å². The van der Waals surface area contributed by atoms with Gasteiger partial charge >= 0.3 is 0 Å². The van der Waals surface area contributed by atoms with Crippen molar-refractivity contribution in [2.45, 2.75) is 148 Å². The number of likely N-dealkylation sites (N-methyl/N-ethyl adjacent to an activating group) is 2. The molecular weight excluding hydrogens is 608 g/mol. The maximum atomic E-state index is 14.3. The average molecular weight is 675 g/mol. The third-order valence-corrected chi connectivity index (χ3v) is 11.7. The molecule has 0 aromatic heterocycles. The van der Waals surface area contributed by atoms with Crippen molar-refractivity contribution in [1.29, 1.82) is 0 Å². The summed E-state index contributed by atoms with van der Waals surface area (Å²) in [5.74, 6) is 0.0920. The van der Waals surface area contributed by atoms with Gasteiger partial charge in [-0.05, 0) is 89.3 Å². The molecule has 48 heavy (non-hydrogen) atoms. The lowest BCUT2D eigenvalue weighted by Crippen LogP contribution is -2.61. The van der Waals surface area contributed by atoms with Crippen molar-refractivity contribution in [3.63, 3.8) is 0 Å². The summed E-state index contributed by atoms with van der Waals surface area (Å²) >= 11 is 0. The normalized spacial score (nSPS) is 28.6. The van der Waals surface area contributed by atoms with Gasteiger partial charge in [0.15, 0.2) is 0 Å². The minimum absolute atomic E-state index is 0.0480. The molecule has 7 atom stereocenters. The first-order valence-electron chi connectivity index (χ1n) is 18.8. The first-order chi connectivity index (χ1) is 22.7. The van der Waals surface area contributed by atoms with Crippen molar-refractivity contribution >= 4 is 23.6 Å². The Morgan fingerprint density at radius 3 is 2.12 bits per heavy atom. The standard InChI is InChI=1S/C37H66N6O5/c1-10-26-18-19-27(24-48-9)43(26)35(46)30-17-14-22-42(30)34(45)29-16-13-21-41(29)23-31(25(2)3)40(8)36(47)32(37(4,5)6)38-33(44)28-15-11-12-20-39(28)7/h25-32H,10-24H2,1-9H3,(H,38,44)/t26-,27+,28-,29+,30?,31-,32-/m1/s1. The van der Waals surface area contributed by atoms with Gasteiger partial charge < -0.3 is 24.8 Å². The van der Waals surface area contributed by atoms with Crippen molar-refractivity contribution in [1.82, 2.24) is 29.8 Å². The highest BCUT2D eigenvalue weighted by Crippen LogP contribution is 2.33. The van der Waals surface area contributed by atoms with Crippen molar-refractivity contribution in [2.24, 2.45) is 11.3 Å². The highest BCUT2D eigenvalue weighted by atomic mass is 16.5. The Morgan fingerprint density at radius 2 is 1.50 bits per heavy atom. The van der Waals surface area contributed by atoms with Crippen LogP contribution in [0.3, 0.4) is 0 Å². The Morgan fingerprint density at radius 1 is 0.854 bits per heavy atom. The lowest BCUT2D eigenvalue weighted by molar-refractivity contribution is -0.149. The number of carbonyl (C=O) groups excluding carboxylic acids is 4. The largest absolute Gasteiger partial charge is 0.383 e. The average Bonchev–Trinajstić information content (AvgIpc) is 3.81. The van der Waals surface area contributed by atoms with Crippen LogP contribution >= 0.6 is 0 Å². The first-order valence-corrected chi connectivity index (χ1v) is 18.8. The number of hydrogen-bond acceptors (Lipinski definition) is 7. The van der Waals surface area contributed by atoms with Crippen molar-refractivity contribution in [2.75, 3.05) is 54.0 Å². The van der Waals surface area contributed by atoms with Gasteiger partial charge in [0, 0.05) is 39.3 Å². The van der Waals surface area contributed by atoms with Crippen molar-refractivity contribution < 1.29 is 23.9 Å². The fraction of sp³-hybridized carbons (Fsp3) is 0.892. The molecule has 0 spiro atoms. The van der Waals surface area contributed by atoms with E-state index in [1.54, 1.807) is 7.11 Å². The number of amides is 4. The van der Waals surface area contributed by atoms with E-state index in [4.69, 9.17) is 4.74 Å². The number of hydrogen-bond donors (Lipinski definition) is 1. The van der Waals surface area contributed by atoms with Crippen LogP contribution in [0.5, 0.6) is 0 Å². The molecule has 274 valence electrons. The molecule has 0 bridgehead atoms. The Bertz CT molecular complexity index is 1130. The second kappa shape index (κ2) is 16.6. The van der Waals surface area contributed by atoms with E-state index in [1.165, 1.54) is 0 Å². The minimum Gasteiger partial charge on any atom is -0.383 e. The monoisotopic (exact) mass is 675 g/mol. The van der Waals surface area contributed by atoms with E-state index in [1.807, 2.05) is 49.6 Å². The molecule has 0 radical (unpaired) electrons. The van der Waals surface area contributed by atoms with E-state index in [9.17, 15) is 19.2 Å². The second-order valence-electron chi connectivity index (χ2n) is 16.4. The summed E-state index contributed by atoms with van der Waals surface area (Å²) in [6.07, 6.45) is 8.91. The van der Waals surface area contributed by atoms with Crippen LogP contribution in [-0.2, 0) is 23.9 Å². The summed E-state index contributed by atoms with van der Waals surface area (Å²) in [5.41, 5.74) is -0.479. The highest BCUT2D eigenvalue weighted by Gasteiger charge is 2.46. The number of carbonyl (C=O) groups is 4. The predicted molar refractivity (Wildman–Crippen MR) is 188 cm³/mol. The summed E-state index contributed by atoms with van der Waals surface area (Å²) in [7, 11) is 5.52. The van der Waals surface area contributed by atoms with Gasteiger partial charge in [0.05, 0.1) is 24.7 Å². The van der Waals surface area contributed by atoms with Gasteiger partial charge in [-0.15, -0.1) is 0 Å². The van der Waals surface area contributed by atoms with Crippen molar-refractivity contribution in [3.8, 4) is 0 Å². The molecule has 4 aliphatic rings. The summed E-state index contributed by atoms with van der Waals surface area (Å²) in [6.45, 7) is 15.7. The predicted octanol–water partition coefficient (Wildman–Crippen LogP) is 3.36. The van der Waals surface area contributed by atoms with Crippen LogP contribution in [-0.4, -0.2) is 144 Å². The molecule has 11 nitrogen and oxygen atoms in total. The lowest BCUT2D eigenvalue weighted by atomic mass is 9.84. The summed E-state index contributed by atoms with van der Waals surface area (Å²) < 4.78 is 5.48. The van der Waals surface area contributed by atoms with E-state index in [-0.39, 0.29) is 59.8 Å². The molecule has 0 aliphatic carbocycles. The fourth-order valence-electron chi connectivity index (χ4n) is 8.73. The van der Waals surface area contributed by atoms with E-state index >= 15 is 0 Å². The van der Waals surface area contributed by atoms with Crippen LogP contribution in [0.4, 0.5) is 0 Å². The second-order valence-corrected chi connectivity index (χ2v) is 16.4. The molecular formula is C37H66N6O5. The SMILES string of the molecule is CC[C@@H]1CC[C@@H](COC)N1C(=O)C1CCCN1C(=O)[C@@H]1CCCN1C[C@H](C(C)C)N(C)C(=O)[C@@H](NC(=O)[C@H]1CCCCN1C)C(C)(C)C. The molecule has 0 aromatic carbocycles. The maximum Gasteiger partial charge on any atom is 0.245 e. The number of rotatable bonds is 12. The molecule has 4 heterocycles. The first kappa shape index (κ1) is 38.6. The molecule has 0 saturated carbocycles. The third-order valence-electron chi connectivity index (χ3n) is 11.7. The lowest BCUT2D eigenvalue weighted by Gasteiger charge is -2.41. The minimum atomic E-state index is -0.668. The number of methoxy groups -OCH3 is 1. The van der Waals surface area contributed by atoms with Gasteiger partial charge in [-0.2, -0.15) is 0 Å². The molecule has 1 N–H and O–H groups in total. The quantitative estimate of drug-likeness (QED) is 0.339. The molecule has 4 saturated heterocycles. The topological polar surface area (TPSA) is 106 Å². The van der Waals surface area contributed by atoms with E-state index in [0.717, 1.165) is 70.9 Å². The smallest absolute Gasteiger partial charge is 0.245 e. The van der Waals surface area contributed by atoms with E-state index < -0.39 is 17.5 Å². The Balaban J connectivity index is 1.47. The molecule has 4 amide bonds. The summed E-state index contributed by atoms with van der Waals surface area (Å²) in [4.78, 5) is 66.1. The van der Waals surface area contributed by atoms with Crippen molar-refractivity contribution in [3.05, 3.63) is 0 Å². The van der Waals surface area contributed by atoms with Crippen LogP contribution in [0.25, 0.3) is 0 Å². The molecule has 4 rings (SSSR count). The summed E-state index contributed by atoms with van der Waals surface area (Å²) in [6, 6.07) is -1.50. The van der Waals surface area contributed by atoms with Gasteiger partial charge in [0.1, 0.15) is 12.1 Å². The van der Waals surface area contributed by atoms with Crippen LogP contribution < -0.4 is 5.32 Å². The number of ether oxygens (including phenoxy) is 1. The number of nitrogens with one attached hydrogen (secondary N) is 1. The van der Waals surface area contributed by atoms with Gasteiger partial charge in [0.2, 0.25) is 23.6 Å². The zero-order chi connectivity index (χ0) is 35.3. The van der Waals surface area contributed by atoms with Gasteiger partial charge in [-0.25, -0.2) is 0 Å². The van der Waals surface area contributed by atoms with Gasteiger partial charge in [-0.1, -0.05) is 48.0 Å². The Kier molecular flexibility index (Phi) is 13.4. The zero-order valence-corrected chi connectivity index (χ0v) is 31.5. The Labute approximate surface area is 290 Å².